The molecule has 0 unspecified atom stereocenters. The second-order valence-corrected chi connectivity index (χ2v) is 8.72. The van der Waals surface area contributed by atoms with Crippen LogP contribution in [0.2, 0.25) is 0 Å². The number of aryl methyl sites for hydroxylation is 1. The van der Waals surface area contributed by atoms with Crippen LogP contribution in [-0.4, -0.2) is 38.3 Å². The minimum atomic E-state index is -3.78. The van der Waals surface area contributed by atoms with E-state index in [0.717, 1.165) is 16.7 Å². The molecule has 2 aromatic rings. The van der Waals surface area contributed by atoms with Crippen molar-refractivity contribution in [3.63, 3.8) is 0 Å². The molecule has 0 N–H and O–H groups in total. The van der Waals surface area contributed by atoms with Crippen LogP contribution in [0.3, 0.4) is 0 Å². The van der Waals surface area contributed by atoms with Gasteiger partial charge in [0, 0.05) is 5.56 Å². The predicted octanol–water partition coefficient (Wildman–Crippen LogP) is 3.97. The Hall–Kier alpha value is -2.34. The van der Waals surface area contributed by atoms with Crippen molar-refractivity contribution < 1.29 is 13.2 Å². The average Bonchev–Trinajstić information content (AvgIpc) is 3.13. The average molecular weight is 387 g/mol. The summed E-state index contributed by atoms with van der Waals surface area (Å²) in [6.07, 6.45) is 0. The molecule has 1 aliphatic heterocycles. The van der Waals surface area contributed by atoms with Crippen LogP contribution >= 0.6 is 0 Å². The highest BCUT2D eigenvalue weighted by Crippen LogP contribution is 2.34. The quantitative estimate of drug-likeness (QED) is 0.755. The second kappa shape index (κ2) is 7.72. The molecule has 0 saturated heterocycles. The summed E-state index contributed by atoms with van der Waals surface area (Å²) in [5.74, 6) is 1.11. The van der Waals surface area contributed by atoms with E-state index < -0.39 is 10.0 Å². The van der Waals surface area contributed by atoms with Crippen molar-refractivity contribution in [2.24, 2.45) is 4.99 Å². The van der Waals surface area contributed by atoms with Gasteiger partial charge in [-0.15, -0.1) is 0 Å². The first-order valence-electron chi connectivity index (χ1n) is 9.26. The molecule has 0 radical (unpaired) electrons. The molecule has 6 heteroatoms. The molecule has 0 spiro atoms. The Morgan fingerprint density at radius 1 is 1.19 bits per heavy atom. The first kappa shape index (κ1) is 19.4. The summed E-state index contributed by atoms with van der Waals surface area (Å²) in [7, 11) is -3.78. The molecule has 3 rings (SSSR count). The Kier molecular flexibility index (Phi) is 5.56. The van der Waals surface area contributed by atoms with E-state index in [4.69, 9.17) is 4.74 Å². The minimum Gasteiger partial charge on any atom is -0.492 e. The van der Waals surface area contributed by atoms with Crippen LogP contribution in [0.25, 0.3) is 0 Å². The Morgan fingerprint density at radius 3 is 2.52 bits per heavy atom. The van der Waals surface area contributed by atoms with Crippen LogP contribution in [0, 0.1) is 6.92 Å². The molecule has 0 saturated carbocycles. The van der Waals surface area contributed by atoms with E-state index in [0.29, 0.717) is 31.3 Å². The summed E-state index contributed by atoms with van der Waals surface area (Å²) in [4.78, 5) is 4.66. The third-order valence-electron chi connectivity index (χ3n) is 4.66. The SMILES string of the molecule is CCOc1cc(C)c(C(C)C)cc1S(=O)(=O)N1CCN=C1c1ccccc1. The predicted molar refractivity (Wildman–Crippen MR) is 108 cm³/mol. The molecule has 1 heterocycles. The fourth-order valence-corrected chi connectivity index (χ4v) is 4.97. The first-order chi connectivity index (χ1) is 12.9. The second-order valence-electron chi connectivity index (χ2n) is 6.89. The maximum Gasteiger partial charge on any atom is 0.269 e. The Labute approximate surface area is 161 Å². The van der Waals surface area contributed by atoms with Gasteiger partial charge >= 0.3 is 0 Å². The van der Waals surface area contributed by atoms with E-state index in [9.17, 15) is 8.42 Å². The largest absolute Gasteiger partial charge is 0.492 e. The minimum absolute atomic E-state index is 0.212. The van der Waals surface area contributed by atoms with E-state index in [1.165, 1.54) is 4.31 Å². The summed E-state index contributed by atoms with van der Waals surface area (Å²) < 4.78 is 34.2. The molecule has 144 valence electrons. The highest BCUT2D eigenvalue weighted by atomic mass is 32.2. The molecule has 1 aliphatic rings. The number of sulfonamides is 1. The number of benzene rings is 2. The van der Waals surface area contributed by atoms with Gasteiger partial charge in [-0.3, -0.25) is 4.99 Å². The van der Waals surface area contributed by atoms with E-state index >= 15 is 0 Å². The third-order valence-corrected chi connectivity index (χ3v) is 6.47. The van der Waals surface area contributed by atoms with Crippen LogP contribution in [0.5, 0.6) is 5.75 Å². The molecule has 0 bridgehead atoms. The number of hydrogen-bond donors (Lipinski definition) is 0. The van der Waals surface area contributed by atoms with Gasteiger partial charge in [-0.1, -0.05) is 44.2 Å². The van der Waals surface area contributed by atoms with E-state index in [1.807, 2.05) is 50.2 Å². The highest BCUT2D eigenvalue weighted by Gasteiger charge is 2.34. The first-order valence-corrected chi connectivity index (χ1v) is 10.7. The van der Waals surface area contributed by atoms with Gasteiger partial charge in [-0.2, -0.15) is 0 Å². The fourth-order valence-electron chi connectivity index (χ4n) is 3.38. The molecule has 5 nitrogen and oxygen atoms in total. The summed E-state index contributed by atoms with van der Waals surface area (Å²) in [5.41, 5.74) is 2.84. The van der Waals surface area contributed by atoms with Gasteiger partial charge in [0.15, 0.2) is 0 Å². The number of amidine groups is 1. The third kappa shape index (κ3) is 3.72. The maximum atomic E-state index is 13.6. The van der Waals surface area contributed by atoms with E-state index in [1.54, 1.807) is 6.07 Å². The van der Waals surface area contributed by atoms with Crippen molar-refractivity contribution >= 4 is 15.9 Å². The summed E-state index contributed by atoms with van der Waals surface area (Å²) in [6, 6.07) is 13.0. The van der Waals surface area contributed by atoms with E-state index in [-0.39, 0.29) is 10.8 Å². The fraction of sp³-hybridized carbons (Fsp3) is 0.381. The van der Waals surface area contributed by atoms with Crippen LogP contribution in [0.4, 0.5) is 0 Å². The number of ether oxygens (including phenoxy) is 1. The molecule has 0 amide bonds. The monoisotopic (exact) mass is 386 g/mol. The number of nitrogens with zero attached hydrogens (tertiary/aromatic N) is 2. The Morgan fingerprint density at radius 2 is 1.89 bits per heavy atom. The zero-order valence-corrected chi connectivity index (χ0v) is 17.1. The van der Waals surface area contributed by atoms with E-state index in [2.05, 4.69) is 18.8 Å². The Balaban J connectivity index is 2.11. The molecule has 0 aliphatic carbocycles. The van der Waals surface area contributed by atoms with Crippen molar-refractivity contribution in [2.75, 3.05) is 19.7 Å². The lowest BCUT2D eigenvalue weighted by Crippen LogP contribution is -2.35. The van der Waals surface area contributed by atoms with Crippen molar-refractivity contribution in [1.29, 1.82) is 0 Å². The van der Waals surface area contributed by atoms with Gasteiger partial charge in [-0.05, 0) is 43.0 Å². The van der Waals surface area contributed by atoms with Crippen molar-refractivity contribution in [3.05, 3.63) is 59.2 Å². The zero-order chi connectivity index (χ0) is 19.6. The van der Waals surface area contributed by atoms with Gasteiger partial charge in [-0.25, -0.2) is 12.7 Å². The zero-order valence-electron chi connectivity index (χ0n) is 16.3. The molecule has 2 aromatic carbocycles. The van der Waals surface area contributed by atoms with Crippen molar-refractivity contribution in [1.82, 2.24) is 4.31 Å². The van der Waals surface area contributed by atoms with Crippen LogP contribution < -0.4 is 4.74 Å². The standard InChI is InChI=1S/C21H26N2O3S/c1-5-26-19-13-16(4)18(15(2)3)14-20(19)27(24,25)23-12-11-22-21(23)17-9-7-6-8-10-17/h6-10,13-15H,5,11-12H2,1-4H3. The van der Waals surface area contributed by atoms with Gasteiger partial charge < -0.3 is 4.74 Å². The molecule has 0 fully saturated rings. The maximum absolute atomic E-state index is 13.6. The van der Waals surface area contributed by atoms with Gasteiger partial charge in [0.25, 0.3) is 10.0 Å². The van der Waals surface area contributed by atoms with Crippen LogP contribution in [0.15, 0.2) is 52.4 Å². The highest BCUT2D eigenvalue weighted by molar-refractivity contribution is 7.89. The van der Waals surface area contributed by atoms with Crippen molar-refractivity contribution in [3.8, 4) is 5.75 Å². The van der Waals surface area contributed by atoms with Crippen LogP contribution in [0.1, 0.15) is 43.4 Å². The summed E-state index contributed by atoms with van der Waals surface area (Å²) in [5, 5.41) is 0. The molecule has 0 atom stereocenters. The van der Waals surface area contributed by atoms with Gasteiger partial charge in [0.1, 0.15) is 16.5 Å². The smallest absolute Gasteiger partial charge is 0.269 e. The van der Waals surface area contributed by atoms with Crippen LogP contribution in [-0.2, 0) is 10.0 Å². The van der Waals surface area contributed by atoms with Crippen molar-refractivity contribution in [2.45, 2.75) is 38.5 Å². The lowest BCUT2D eigenvalue weighted by Gasteiger charge is -2.23. The summed E-state index contributed by atoms with van der Waals surface area (Å²) >= 11 is 0. The molecule has 0 aromatic heterocycles. The normalized spacial score (nSPS) is 14.6. The lowest BCUT2D eigenvalue weighted by atomic mass is 9.98. The number of rotatable bonds is 6. The number of aliphatic imine (C=N–C) groups is 1. The topological polar surface area (TPSA) is 59.0 Å². The summed E-state index contributed by atoms with van der Waals surface area (Å²) in [6.45, 7) is 9.16. The lowest BCUT2D eigenvalue weighted by molar-refractivity contribution is 0.330. The molecular formula is C21H26N2O3S. The van der Waals surface area contributed by atoms with Gasteiger partial charge in [0.2, 0.25) is 0 Å². The molecule has 27 heavy (non-hydrogen) atoms. The number of hydrogen-bond acceptors (Lipinski definition) is 4. The Bertz CT molecular complexity index is 951. The van der Waals surface area contributed by atoms with Gasteiger partial charge in [0.05, 0.1) is 19.7 Å². The molecular weight excluding hydrogens is 360 g/mol.